The number of aromatic nitrogens is 3. The number of nitrogens with two attached hydrogens (primary N) is 1. The van der Waals surface area contributed by atoms with E-state index in [1.165, 1.54) is 6.07 Å². The van der Waals surface area contributed by atoms with Crippen LogP contribution in [0.3, 0.4) is 0 Å². The van der Waals surface area contributed by atoms with Crippen LogP contribution < -0.4 is 16.6 Å². The van der Waals surface area contributed by atoms with Crippen molar-refractivity contribution >= 4 is 11.9 Å². The maximum atomic E-state index is 12.4. The minimum absolute atomic E-state index is 0.0197. The quantitative estimate of drug-likeness (QED) is 0.606. The Morgan fingerprint density at radius 2 is 2.25 bits per heavy atom. The first kappa shape index (κ1) is 16.1. The minimum Gasteiger partial charge on any atom is -0.393 e. The monoisotopic (exact) mass is 329 g/mol. The number of aromatic amines is 1. The summed E-state index contributed by atoms with van der Waals surface area (Å²) in [6, 6.07) is 6.48. The smallest absolute Gasteiger partial charge is 0.252 e. The largest absolute Gasteiger partial charge is 0.393 e. The Bertz CT molecular complexity index is 771. The van der Waals surface area contributed by atoms with Crippen molar-refractivity contribution in [1.29, 1.82) is 0 Å². The second kappa shape index (κ2) is 6.79. The van der Waals surface area contributed by atoms with Crippen molar-refractivity contribution in [3.63, 3.8) is 0 Å². The van der Waals surface area contributed by atoms with Gasteiger partial charge in [-0.3, -0.25) is 19.6 Å². The van der Waals surface area contributed by atoms with Crippen LogP contribution in [0.15, 0.2) is 35.3 Å². The van der Waals surface area contributed by atoms with Gasteiger partial charge in [0.15, 0.2) is 0 Å². The molecule has 1 atom stereocenters. The van der Waals surface area contributed by atoms with Gasteiger partial charge in [0.1, 0.15) is 0 Å². The van der Waals surface area contributed by atoms with Gasteiger partial charge in [0.2, 0.25) is 11.9 Å². The average Bonchev–Trinajstić information content (AvgIpc) is 2.50. The van der Waals surface area contributed by atoms with Crippen LogP contribution in [0.4, 0.5) is 5.95 Å². The van der Waals surface area contributed by atoms with E-state index in [2.05, 4.69) is 20.3 Å². The maximum absolute atomic E-state index is 12.4. The third kappa shape index (κ3) is 3.77. The number of pyridine rings is 1. The highest BCUT2D eigenvalue weighted by Gasteiger charge is 2.36. The zero-order valence-corrected chi connectivity index (χ0v) is 13.0. The number of hydrogen-bond acceptors (Lipinski definition) is 6. The van der Waals surface area contributed by atoms with Crippen molar-refractivity contribution in [3.05, 3.63) is 52.2 Å². The molecule has 0 spiro atoms. The standard InChI is InChI=1S/C16H19N5O3/c17-16-19-10(8-14(24)21-16)7-13(23)20-15(9-5-11(22)6-9)12-3-1-2-4-18-12/h1-4,8-9,11,15,22H,5-7H2,(H,20,23)(H3,17,19,21,24)/t9?,11?,15-/m0/s1. The summed E-state index contributed by atoms with van der Waals surface area (Å²) in [6.07, 6.45) is 2.54. The third-order valence-corrected chi connectivity index (χ3v) is 4.10. The van der Waals surface area contributed by atoms with E-state index in [1.54, 1.807) is 12.3 Å². The summed E-state index contributed by atoms with van der Waals surface area (Å²) in [7, 11) is 0. The van der Waals surface area contributed by atoms with Crippen LogP contribution in [0, 0.1) is 5.92 Å². The molecule has 0 saturated heterocycles. The number of nitrogens with zero attached hydrogens (tertiary/aromatic N) is 2. The van der Waals surface area contributed by atoms with Gasteiger partial charge >= 0.3 is 0 Å². The molecule has 2 aromatic heterocycles. The maximum Gasteiger partial charge on any atom is 0.252 e. The first-order valence-corrected chi connectivity index (χ1v) is 7.75. The fraction of sp³-hybridized carbons (Fsp3) is 0.375. The number of aliphatic hydroxyl groups is 1. The van der Waals surface area contributed by atoms with E-state index in [0.717, 1.165) is 5.69 Å². The Morgan fingerprint density at radius 3 is 2.88 bits per heavy atom. The van der Waals surface area contributed by atoms with Crippen molar-refractivity contribution in [3.8, 4) is 0 Å². The molecule has 126 valence electrons. The van der Waals surface area contributed by atoms with E-state index in [0.29, 0.717) is 18.5 Å². The minimum atomic E-state index is -0.395. The molecular formula is C16H19N5O3. The van der Waals surface area contributed by atoms with Gasteiger partial charge < -0.3 is 16.2 Å². The summed E-state index contributed by atoms with van der Waals surface area (Å²) in [6.45, 7) is 0. The van der Waals surface area contributed by atoms with Gasteiger partial charge in [-0.05, 0) is 30.9 Å². The lowest BCUT2D eigenvalue weighted by Crippen LogP contribution is -2.42. The molecule has 2 heterocycles. The van der Waals surface area contributed by atoms with Gasteiger partial charge in [-0.25, -0.2) is 4.98 Å². The average molecular weight is 329 g/mol. The van der Waals surface area contributed by atoms with Crippen LogP contribution in [-0.2, 0) is 11.2 Å². The Morgan fingerprint density at radius 1 is 1.46 bits per heavy atom. The lowest BCUT2D eigenvalue weighted by molar-refractivity contribution is -0.122. The number of H-pyrrole nitrogens is 1. The molecule has 24 heavy (non-hydrogen) atoms. The number of anilines is 1. The lowest BCUT2D eigenvalue weighted by atomic mass is 9.76. The molecule has 1 fully saturated rings. The van der Waals surface area contributed by atoms with Gasteiger partial charge in [-0.2, -0.15) is 0 Å². The second-order valence-corrected chi connectivity index (χ2v) is 5.98. The topological polar surface area (TPSA) is 134 Å². The molecule has 0 radical (unpaired) electrons. The van der Waals surface area contributed by atoms with E-state index in [4.69, 9.17) is 5.73 Å². The van der Waals surface area contributed by atoms with E-state index in [1.807, 2.05) is 12.1 Å². The van der Waals surface area contributed by atoms with E-state index >= 15 is 0 Å². The summed E-state index contributed by atoms with van der Waals surface area (Å²) in [5, 5.41) is 12.5. The van der Waals surface area contributed by atoms with Crippen molar-refractivity contribution in [2.24, 2.45) is 5.92 Å². The Balaban J connectivity index is 1.72. The molecule has 0 unspecified atom stereocenters. The van der Waals surface area contributed by atoms with Gasteiger partial charge in [0.05, 0.1) is 30.0 Å². The van der Waals surface area contributed by atoms with Gasteiger partial charge in [0, 0.05) is 12.3 Å². The molecule has 2 aromatic rings. The third-order valence-electron chi connectivity index (χ3n) is 4.10. The first-order chi connectivity index (χ1) is 11.5. The number of carbonyl (C=O) groups is 1. The molecule has 0 aliphatic heterocycles. The van der Waals surface area contributed by atoms with Gasteiger partial charge in [0.25, 0.3) is 5.56 Å². The SMILES string of the molecule is Nc1nc(CC(=O)N[C@H](c2ccccn2)C2CC(O)C2)cc(=O)[nH]1. The zero-order valence-electron chi connectivity index (χ0n) is 13.0. The molecule has 0 bridgehead atoms. The summed E-state index contributed by atoms with van der Waals surface area (Å²) >= 11 is 0. The Labute approximate surface area is 138 Å². The number of nitrogens with one attached hydrogen (secondary N) is 2. The number of nitrogen functional groups attached to an aromatic ring is 1. The van der Waals surface area contributed by atoms with E-state index < -0.39 is 5.56 Å². The van der Waals surface area contributed by atoms with Crippen LogP contribution in [0.25, 0.3) is 0 Å². The number of hydrogen-bond donors (Lipinski definition) is 4. The fourth-order valence-corrected chi connectivity index (χ4v) is 2.90. The van der Waals surface area contributed by atoms with Crippen LogP contribution in [0.5, 0.6) is 0 Å². The van der Waals surface area contributed by atoms with Crippen molar-refractivity contribution in [2.75, 3.05) is 5.73 Å². The summed E-state index contributed by atoms with van der Waals surface area (Å²) in [4.78, 5) is 34.3. The molecule has 8 nitrogen and oxygen atoms in total. The second-order valence-electron chi connectivity index (χ2n) is 5.98. The number of aliphatic hydroxyl groups excluding tert-OH is 1. The summed E-state index contributed by atoms with van der Waals surface area (Å²) < 4.78 is 0. The molecular weight excluding hydrogens is 310 g/mol. The zero-order chi connectivity index (χ0) is 17.1. The number of carbonyl (C=O) groups excluding carboxylic acids is 1. The molecule has 5 N–H and O–H groups in total. The highest BCUT2D eigenvalue weighted by molar-refractivity contribution is 5.78. The first-order valence-electron chi connectivity index (χ1n) is 7.75. The molecule has 1 amide bonds. The Kier molecular flexibility index (Phi) is 4.57. The molecule has 8 heteroatoms. The van der Waals surface area contributed by atoms with Crippen LogP contribution in [-0.4, -0.2) is 32.1 Å². The summed E-state index contributed by atoms with van der Waals surface area (Å²) in [5.41, 5.74) is 6.15. The molecule has 1 saturated carbocycles. The van der Waals surface area contributed by atoms with Crippen LogP contribution in [0.2, 0.25) is 0 Å². The summed E-state index contributed by atoms with van der Waals surface area (Å²) in [5.74, 6) is -0.158. The number of rotatable bonds is 5. The molecule has 1 aliphatic rings. The van der Waals surface area contributed by atoms with Gasteiger partial charge in [-0.1, -0.05) is 6.07 Å². The van der Waals surface area contributed by atoms with Gasteiger partial charge in [-0.15, -0.1) is 0 Å². The Hall–Kier alpha value is -2.74. The highest BCUT2D eigenvalue weighted by Crippen LogP contribution is 2.37. The van der Waals surface area contributed by atoms with Crippen molar-refractivity contribution in [1.82, 2.24) is 20.3 Å². The highest BCUT2D eigenvalue weighted by atomic mass is 16.3. The van der Waals surface area contributed by atoms with Crippen LogP contribution >= 0.6 is 0 Å². The van der Waals surface area contributed by atoms with E-state index in [-0.39, 0.29) is 36.3 Å². The number of amides is 1. The molecule has 0 aromatic carbocycles. The predicted molar refractivity (Wildman–Crippen MR) is 86.8 cm³/mol. The molecule has 3 rings (SSSR count). The lowest BCUT2D eigenvalue weighted by Gasteiger charge is -2.37. The molecule has 1 aliphatic carbocycles. The predicted octanol–water partition coefficient (Wildman–Crippen LogP) is -0.0820. The fourth-order valence-electron chi connectivity index (χ4n) is 2.90. The normalized spacial score (nSPS) is 20.9. The van der Waals surface area contributed by atoms with Crippen molar-refractivity contribution < 1.29 is 9.90 Å². The van der Waals surface area contributed by atoms with Crippen LogP contribution in [0.1, 0.15) is 30.3 Å². The van der Waals surface area contributed by atoms with E-state index in [9.17, 15) is 14.7 Å². The van der Waals surface area contributed by atoms with Crippen molar-refractivity contribution in [2.45, 2.75) is 31.4 Å².